The molecule has 1 aliphatic heterocycles. The van der Waals surface area contributed by atoms with Crippen LogP contribution < -0.4 is 5.32 Å². The lowest BCUT2D eigenvalue weighted by atomic mass is 10.1. The minimum Gasteiger partial charge on any atom is -0.322 e. The highest BCUT2D eigenvalue weighted by Crippen LogP contribution is 2.26. The van der Waals surface area contributed by atoms with Crippen LogP contribution in [-0.4, -0.2) is 41.0 Å². The Kier molecular flexibility index (Phi) is 6.20. The van der Waals surface area contributed by atoms with Gasteiger partial charge in [-0.1, -0.05) is 30.7 Å². The third kappa shape index (κ3) is 4.70. The van der Waals surface area contributed by atoms with E-state index in [4.69, 9.17) is 0 Å². The maximum absolute atomic E-state index is 13.1. The van der Waals surface area contributed by atoms with Crippen LogP contribution in [0.2, 0.25) is 0 Å². The van der Waals surface area contributed by atoms with Crippen molar-refractivity contribution in [3.8, 4) is 0 Å². The second-order valence-corrected chi connectivity index (χ2v) is 9.69. The topological polar surface area (TPSA) is 84.3 Å². The average molecular weight is 439 g/mol. The molecule has 31 heavy (non-hydrogen) atoms. The number of carbonyl (C=O) groups is 1. The summed E-state index contributed by atoms with van der Waals surface area (Å²) in [6.07, 6.45) is 6.31. The minimum atomic E-state index is -3.64. The molecular weight excluding hydrogens is 412 g/mol. The molecule has 1 N–H and O–H groups in total. The molecule has 2 aromatic carbocycles. The highest BCUT2D eigenvalue weighted by Gasteiger charge is 2.31. The van der Waals surface area contributed by atoms with Crippen molar-refractivity contribution < 1.29 is 13.2 Å². The van der Waals surface area contributed by atoms with Crippen LogP contribution in [0.4, 0.5) is 5.69 Å². The minimum absolute atomic E-state index is 0.0367. The maximum atomic E-state index is 13.1. The fourth-order valence-corrected chi connectivity index (χ4v) is 5.65. The van der Waals surface area contributed by atoms with Crippen LogP contribution in [0.25, 0.3) is 0 Å². The van der Waals surface area contributed by atoms with E-state index in [1.165, 1.54) is 6.07 Å². The number of piperidine rings is 1. The summed E-state index contributed by atoms with van der Waals surface area (Å²) >= 11 is 0. The SMILES string of the molecule is CC1CCCCN1S(=O)(=O)c1cccc(C(=O)Nc2ccccc2Cn2cccn2)c1. The van der Waals surface area contributed by atoms with Crippen molar-refractivity contribution in [2.24, 2.45) is 0 Å². The van der Waals surface area contributed by atoms with E-state index in [0.29, 0.717) is 24.3 Å². The first-order valence-electron chi connectivity index (χ1n) is 10.4. The van der Waals surface area contributed by atoms with Gasteiger partial charge in [0.1, 0.15) is 0 Å². The number of aromatic nitrogens is 2. The fourth-order valence-electron chi connectivity index (χ4n) is 3.91. The fraction of sp³-hybridized carbons (Fsp3) is 0.304. The van der Waals surface area contributed by atoms with Gasteiger partial charge in [0, 0.05) is 36.2 Å². The molecule has 1 atom stereocenters. The van der Waals surface area contributed by atoms with E-state index in [9.17, 15) is 13.2 Å². The van der Waals surface area contributed by atoms with Crippen molar-refractivity contribution in [2.45, 2.75) is 43.7 Å². The predicted molar refractivity (Wildman–Crippen MR) is 119 cm³/mol. The molecular formula is C23H26N4O3S. The smallest absolute Gasteiger partial charge is 0.255 e. The van der Waals surface area contributed by atoms with E-state index in [-0.39, 0.29) is 16.8 Å². The molecule has 1 aliphatic rings. The molecule has 0 bridgehead atoms. The molecule has 1 saturated heterocycles. The molecule has 0 spiro atoms. The first kappa shape index (κ1) is 21.3. The number of hydrogen-bond donors (Lipinski definition) is 1. The quantitative estimate of drug-likeness (QED) is 0.635. The first-order valence-corrected chi connectivity index (χ1v) is 11.9. The second kappa shape index (κ2) is 9.03. The number of hydrogen-bond acceptors (Lipinski definition) is 4. The van der Waals surface area contributed by atoms with Crippen molar-refractivity contribution >= 4 is 21.6 Å². The molecule has 3 aromatic rings. The first-order chi connectivity index (χ1) is 14.9. The maximum Gasteiger partial charge on any atom is 0.255 e. The molecule has 0 aliphatic carbocycles. The Labute approximate surface area is 182 Å². The van der Waals surface area contributed by atoms with Crippen molar-refractivity contribution in [3.05, 3.63) is 78.1 Å². The Bertz CT molecular complexity index is 1160. The number of sulfonamides is 1. The number of rotatable bonds is 6. The summed E-state index contributed by atoms with van der Waals surface area (Å²) in [5.74, 6) is -0.350. The zero-order valence-electron chi connectivity index (χ0n) is 17.4. The average Bonchev–Trinajstić information content (AvgIpc) is 3.28. The Hall–Kier alpha value is -2.97. The Morgan fingerprint density at radius 3 is 2.74 bits per heavy atom. The van der Waals surface area contributed by atoms with Crippen molar-refractivity contribution in [1.82, 2.24) is 14.1 Å². The predicted octanol–water partition coefficient (Wildman–Crippen LogP) is 3.75. The highest BCUT2D eigenvalue weighted by atomic mass is 32.2. The normalized spacial score (nSPS) is 17.4. The highest BCUT2D eigenvalue weighted by molar-refractivity contribution is 7.89. The van der Waals surface area contributed by atoms with Crippen LogP contribution in [0, 0.1) is 0 Å². The molecule has 2 heterocycles. The largest absolute Gasteiger partial charge is 0.322 e. The summed E-state index contributed by atoms with van der Waals surface area (Å²) in [5.41, 5.74) is 1.88. The van der Waals surface area contributed by atoms with Gasteiger partial charge in [-0.15, -0.1) is 0 Å². The molecule has 162 valence electrons. The summed E-state index contributed by atoms with van der Waals surface area (Å²) < 4.78 is 29.6. The molecule has 1 fully saturated rings. The molecule has 8 heteroatoms. The summed E-state index contributed by atoms with van der Waals surface area (Å²) in [6, 6.07) is 15.6. The van der Waals surface area contributed by atoms with Crippen molar-refractivity contribution in [1.29, 1.82) is 0 Å². The molecule has 1 unspecified atom stereocenters. The van der Waals surface area contributed by atoms with Crippen LogP contribution in [-0.2, 0) is 16.6 Å². The van der Waals surface area contributed by atoms with Gasteiger partial charge in [-0.25, -0.2) is 8.42 Å². The standard InChI is InChI=1S/C23H26N4O3S/c1-18-8-4-5-15-27(18)31(29,30)21-11-6-10-19(16-21)23(28)25-22-12-3-2-9-20(22)17-26-14-7-13-24-26/h2-3,6-7,9-14,16,18H,4-5,8,15,17H2,1H3,(H,25,28). The van der Waals surface area contributed by atoms with Gasteiger partial charge in [0.25, 0.3) is 5.91 Å². The number of para-hydroxylation sites is 1. The van der Waals surface area contributed by atoms with Gasteiger partial charge in [0.05, 0.1) is 11.4 Å². The van der Waals surface area contributed by atoms with Gasteiger partial charge in [-0.3, -0.25) is 9.48 Å². The summed E-state index contributed by atoms with van der Waals surface area (Å²) in [7, 11) is -3.64. The number of nitrogens with one attached hydrogen (secondary N) is 1. The Balaban J connectivity index is 1.56. The lowest BCUT2D eigenvalue weighted by molar-refractivity contribution is 0.102. The second-order valence-electron chi connectivity index (χ2n) is 7.80. The van der Waals surface area contributed by atoms with E-state index in [1.807, 2.05) is 43.5 Å². The van der Waals surface area contributed by atoms with E-state index < -0.39 is 10.0 Å². The Morgan fingerprint density at radius 1 is 1.13 bits per heavy atom. The molecule has 4 rings (SSSR count). The molecule has 7 nitrogen and oxygen atoms in total. The molecule has 1 aromatic heterocycles. The monoisotopic (exact) mass is 438 g/mol. The third-order valence-corrected chi connectivity index (χ3v) is 7.61. The van der Waals surface area contributed by atoms with E-state index in [1.54, 1.807) is 33.4 Å². The van der Waals surface area contributed by atoms with E-state index in [2.05, 4.69) is 10.4 Å². The Morgan fingerprint density at radius 2 is 1.97 bits per heavy atom. The number of benzene rings is 2. The van der Waals surface area contributed by atoms with Gasteiger partial charge in [0.2, 0.25) is 10.0 Å². The summed E-state index contributed by atoms with van der Waals surface area (Å²) in [4.78, 5) is 13.1. The zero-order chi connectivity index (χ0) is 21.8. The molecule has 0 saturated carbocycles. The third-order valence-electron chi connectivity index (χ3n) is 5.60. The number of nitrogens with zero attached hydrogens (tertiary/aromatic N) is 3. The van der Waals surface area contributed by atoms with Crippen LogP contribution in [0.1, 0.15) is 42.1 Å². The number of anilines is 1. The van der Waals surface area contributed by atoms with Crippen LogP contribution in [0.5, 0.6) is 0 Å². The van der Waals surface area contributed by atoms with Crippen molar-refractivity contribution in [3.63, 3.8) is 0 Å². The van der Waals surface area contributed by atoms with Crippen LogP contribution in [0.3, 0.4) is 0 Å². The lowest BCUT2D eigenvalue weighted by Crippen LogP contribution is -2.41. The van der Waals surface area contributed by atoms with Gasteiger partial charge in [-0.05, 0) is 55.7 Å². The van der Waals surface area contributed by atoms with Gasteiger partial charge in [0.15, 0.2) is 0 Å². The van der Waals surface area contributed by atoms with Gasteiger partial charge in [-0.2, -0.15) is 9.40 Å². The molecule has 0 radical (unpaired) electrons. The number of carbonyl (C=O) groups excluding carboxylic acids is 1. The van der Waals surface area contributed by atoms with E-state index in [0.717, 1.165) is 24.8 Å². The van der Waals surface area contributed by atoms with Crippen molar-refractivity contribution in [2.75, 3.05) is 11.9 Å². The summed E-state index contributed by atoms with van der Waals surface area (Å²) in [5, 5.41) is 7.13. The molecule has 1 amide bonds. The van der Waals surface area contributed by atoms with Gasteiger partial charge < -0.3 is 5.32 Å². The number of amides is 1. The lowest BCUT2D eigenvalue weighted by Gasteiger charge is -2.32. The van der Waals surface area contributed by atoms with Crippen LogP contribution in [0.15, 0.2) is 71.9 Å². The summed E-state index contributed by atoms with van der Waals surface area (Å²) in [6.45, 7) is 2.97. The van der Waals surface area contributed by atoms with E-state index >= 15 is 0 Å². The van der Waals surface area contributed by atoms with Gasteiger partial charge >= 0.3 is 0 Å². The zero-order valence-corrected chi connectivity index (χ0v) is 18.3. The van der Waals surface area contributed by atoms with Crippen LogP contribution >= 0.6 is 0 Å².